The molecular formula is C7H7ClF3N3O2. The van der Waals surface area contributed by atoms with Gasteiger partial charge in [0.1, 0.15) is 12.3 Å². The molecule has 0 aliphatic heterocycles. The summed E-state index contributed by atoms with van der Waals surface area (Å²) in [5, 5.41) is 5.55. The number of hydrogen-bond donors (Lipinski definition) is 1. The molecule has 0 aliphatic rings. The summed E-state index contributed by atoms with van der Waals surface area (Å²) in [5.41, 5.74) is 0. The maximum atomic E-state index is 11.9. The Bertz CT molecular complexity index is 366. The molecule has 0 bridgehead atoms. The van der Waals surface area contributed by atoms with Gasteiger partial charge in [-0.2, -0.15) is 18.2 Å². The monoisotopic (exact) mass is 257 g/mol. The minimum absolute atomic E-state index is 0.0299. The highest BCUT2D eigenvalue weighted by atomic mass is 35.5. The average Bonchev–Trinajstić information content (AvgIpc) is 2.59. The van der Waals surface area contributed by atoms with Crippen LogP contribution >= 0.6 is 11.6 Å². The van der Waals surface area contributed by atoms with E-state index in [1.807, 2.05) is 0 Å². The van der Waals surface area contributed by atoms with Crippen molar-refractivity contribution in [2.24, 2.45) is 0 Å². The maximum Gasteiger partial charge on any atom is 0.397 e. The minimum Gasteiger partial charge on any atom is -0.348 e. The van der Waals surface area contributed by atoms with Crippen molar-refractivity contribution >= 4 is 17.5 Å². The molecule has 1 aromatic rings. The highest BCUT2D eigenvalue weighted by molar-refractivity contribution is 6.27. The van der Waals surface area contributed by atoms with Gasteiger partial charge in [-0.1, -0.05) is 5.16 Å². The van der Waals surface area contributed by atoms with E-state index >= 15 is 0 Å². The van der Waals surface area contributed by atoms with Gasteiger partial charge in [0.25, 0.3) is 0 Å². The molecule has 1 rings (SSSR count). The zero-order chi connectivity index (χ0) is 12.2. The van der Waals surface area contributed by atoms with Crippen molar-refractivity contribution in [2.75, 3.05) is 5.88 Å². The van der Waals surface area contributed by atoms with Crippen LogP contribution in [0.3, 0.4) is 0 Å². The van der Waals surface area contributed by atoms with Crippen LogP contribution in [0.15, 0.2) is 4.52 Å². The van der Waals surface area contributed by atoms with Crippen LogP contribution in [0.25, 0.3) is 0 Å². The van der Waals surface area contributed by atoms with Gasteiger partial charge in [-0.15, -0.1) is 11.6 Å². The third kappa shape index (κ3) is 4.47. The number of carbonyl (C=O) groups excluding carboxylic acids is 1. The quantitative estimate of drug-likeness (QED) is 0.818. The van der Waals surface area contributed by atoms with E-state index in [-0.39, 0.29) is 18.2 Å². The third-order valence-corrected chi connectivity index (χ3v) is 1.67. The first-order chi connectivity index (χ1) is 7.40. The van der Waals surface area contributed by atoms with Gasteiger partial charge in [-0.3, -0.25) is 4.79 Å². The van der Waals surface area contributed by atoms with E-state index in [1.54, 1.807) is 0 Å². The normalized spacial score (nSPS) is 11.5. The van der Waals surface area contributed by atoms with Crippen molar-refractivity contribution in [1.82, 2.24) is 15.5 Å². The summed E-state index contributed by atoms with van der Waals surface area (Å²) >= 11 is 5.19. The second-order valence-corrected chi connectivity index (χ2v) is 3.07. The van der Waals surface area contributed by atoms with Gasteiger partial charge >= 0.3 is 6.18 Å². The van der Waals surface area contributed by atoms with Crippen molar-refractivity contribution in [1.29, 1.82) is 0 Å². The van der Waals surface area contributed by atoms with Gasteiger partial charge in [0.2, 0.25) is 11.8 Å². The van der Waals surface area contributed by atoms with Crippen LogP contribution < -0.4 is 5.32 Å². The molecule has 5 nitrogen and oxygen atoms in total. The zero-order valence-electron chi connectivity index (χ0n) is 7.84. The molecular weight excluding hydrogens is 251 g/mol. The van der Waals surface area contributed by atoms with Gasteiger partial charge in [0.15, 0.2) is 5.82 Å². The fourth-order valence-electron chi connectivity index (χ4n) is 0.830. The van der Waals surface area contributed by atoms with Crippen LogP contribution in [-0.4, -0.2) is 28.1 Å². The topological polar surface area (TPSA) is 68.0 Å². The van der Waals surface area contributed by atoms with Gasteiger partial charge < -0.3 is 9.84 Å². The highest BCUT2D eigenvalue weighted by Crippen LogP contribution is 2.19. The largest absolute Gasteiger partial charge is 0.397 e. The summed E-state index contributed by atoms with van der Waals surface area (Å²) in [6, 6.07) is 0. The summed E-state index contributed by atoms with van der Waals surface area (Å²) in [7, 11) is 0. The molecule has 90 valence electrons. The van der Waals surface area contributed by atoms with Gasteiger partial charge in [-0.05, 0) is 0 Å². The molecule has 1 heterocycles. The van der Waals surface area contributed by atoms with E-state index in [0.717, 1.165) is 0 Å². The predicted molar refractivity (Wildman–Crippen MR) is 46.6 cm³/mol. The van der Waals surface area contributed by atoms with Crippen molar-refractivity contribution < 1.29 is 22.5 Å². The Balaban J connectivity index is 2.49. The lowest BCUT2D eigenvalue weighted by Gasteiger charge is -1.99. The van der Waals surface area contributed by atoms with E-state index in [1.165, 1.54) is 0 Å². The number of hydrogen-bond acceptors (Lipinski definition) is 4. The molecule has 0 unspecified atom stereocenters. The Morgan fingerprint density at radius 1 is 1.50 bits per heavy atom. The molecule has 16 heavy (non-hydrogen) atoms. The highest BCUT2D eigenvalue weighted by Gasteiger charge is 2.31. The lowest BCUT2D eigenvalue weighted by molar-refractivity contribution is -0.131. The molecule has 0 fully saturated rings. The number of rotatable bonds is 4. The van der Waals surface area contributed by atoms with E-state index in [4.69, 9.17) is 11.6 Å². The van der Waals surface area contributed by atoms with Crippen molar-refractivity contribution in [3.05, 3.63) is 11.7 Å². The first-order valence-electron chi connectivity index (χ1n) is 4.11. The molecule has 0 spiro atoms. The van der Waals surface area contributed by atoms with E-state index < -0.39 is 24.4 Å². The van der Waals surface area contributed by atoms with Crippen LogP contribution in [0.5, 0.6) is 0 Å². The van der Waals surface area contributed by atoms with Gasteiger partial charge in [0.05, 0.1) is 6.54 Å². The molecule has 0 aliphatic carbocycles. The van der Waals surface area contributed by atoms with E-state index in [9.17, 15) is 18.0 Å². The Kier molecular flexibility index (Phi) is 4.11. The number of nitrogens with one attached hydrogen (secondary N) is 1. The predicted octanol–water partition coefficient (Wildman–Crippen LogP) is 1.03. The van der Waals surface area contributed by atoms with Crippen LogP contribution in [0, 0.1) is 0 Å². The number of aromatic nitrogens is 2. The molecule has 0 atom stereocenters. The third-order valence-electron chi connectivity index (χ3n) is 1.43. The summed E-state index contributed by atoms with van der Waals surface area (Å²) in [6.45, 7) is -0.118. The van der Waals surface area contributed by atoms with E-state index in [2.05, 4.69) is 20.0 Å². The fraction of sp³-hybridized carbons (Fsp3) is 0.571. The standard InChI is InChI=1S/C7H7ClF3N3O2/c8-2-5(15)12-3-4-13-6(16-14-4)1-7(9,10)11/h1-3H2,(H,12,15). The van der Waals surface area contributed by atoms with Crippen LogP contribution in [0.1, 0.15) is 11.7 Å². The summed E-state index contributed by atoms with van der Waals surface area (Å²) in [5.74, 6) is -1.28. The average molecular weight is 258 g/mol. The molecule has 0 saturated carbocycles. The van der Waals surface area contributed by atoms with Gasteiger partial charge in [0, 0.05) is 0 Å². The first kappa shape index (κ1) is 12.8. The van der Waals surface area contributed by atoms with Crippen molar-refractivity contribution in [3.8, 4) is 0 Å². The number of amides is 1. The van der Waals surface area contributed by atoms with Crippen molar-refractivity contribution in [3.63, 3.8) is 0 Å². The second-order valence-electron chi connectivity index (χ2n) is 2.81. The molecule has 1 N–H and O–H groups in total. The number of halogens is 4. The summed E-state index contributed by atoms with van der Waals surface area (Å²) in [4.78, 5) is 14.2. The molecule has 0 radical (unpaired) electrons. The summed E-state index contributed by atoms with van der Waals surface area (Å²) in [6.07, 6.45) is -5.69. The first-order valence-corrected chi connectivity index (χ1v) is 4.65. The molecule has 1 aromatic heterocycles. The Morgan fingerprint density at radius 2 is 2.19 bits per heavy atom. The lowest BCUT2D eigenvalue weighted by atomic mass is 10.4. The van der Waals surface area contributed by atoms with Crippen LogP contribution in [0.2, 0.25) is 0 Å². The smallest absolute Gasteiger partial charge is 0.348 e. The molecule has 9 heteroatoms. The van der Waals surface area contributed by atoms with Gasteiger partial charge in [-0.25, -0.2) is 0 Å². The second kappa shape index (κ2) is 5.15. The van der Waals surface area contributed by atoms with E-state index in [0.29, 0.717) is 0 Å². The number of alkyl halides is 4. The Morgan fingerprint density at radius 3 is 2.75 bits per heavy atom. The minimum atomic E-state index is -4.40. The zero-order valence-corrected chi connectivity index (χ0v) is 8.60. The molecule has 0 saturated heterocycles. The summed E-state index contributed by atoms with van der Waals surface area (Å²) < 4.78 is 40.1. The molecule has 0 aromatic carbocycles. The van der Waals surface area contributed by atoms with Crippen LogP contribution in [-0.2, 0) is 17.8 Å². The van der Waals surface area contributed by atoms with Crippen LogP contribution in [0.4, 0.5) is 13.2 Å². The Labute approximate surface area is 93.0 Å². The lowest BCUT2D eigenvalue weighted by Crippen LogP contribution is -2.24. The number of nitrogens with zero attached hydrogens (tertiary/aromatic N) is 2. The molecule has 1 amide bonds. The number of carbonyl (C=O) groups is 1. The Hall–Kier alpha value is -1.31. The SMILES string of the molecule is O=C(CCl)NCc1noc(CC(F)(F)F)n1. The maximum absolute atomic E-state index is 11.9. The van der Waals surface area contributed by atoms with Crippen molar-refractivity contribution in [2.45, 2.75) is 19.1 Å². The fourth-order valence-corrected chi connectivity index (χ4v) is 0.925.